The molecule has 1 aliphatic rings. The predicted octanol–water partition coefficient (Wildman–Crippen LogP) is 4.92. The number of piperidine rings is 1. The van der Waals surface area contributed by atoms with Gasteiger partial charge in [0.25, 0.3) is 6.01 Å². The molecule has 1 fully saturated rings. The fourth-order valence-electron chi connectivity index (χ4n) is 3.76. The van der Waals surface area contributed by atoms with Crippen molar-refractivity contribution in [1.82, 2.24) is 9.88 Å². The van der Waals surface area contributed by atoms with Crippen molar-refractivity contribution in [1.29, 1.82) is 0 Å². The van der Waals surface area contributed by atoms with Gasteiger partial charge in [-0.2, -0.15) is 4.98 Å². The zero-order valence-electron chi connectivity index (χ0n) is 16.1. The zero-order valence-corrected chi connectivity index (χ0v) is 16.9. The Morgan fingerprint density at radius 1 is 1.18 bits per heavy atom. The molecule has 2 aromatic carbocycles. The molecule has 28 heavy (non-hydrogen) atoms. The normalized spacial score (nSPS) is 16.3. The van der Waals surface area contributed by atoms with Gasteiger partial charge in [-0.15, -0.1) is 0 Å². The Morgan fingerprint density at radius 2 is 1.86 bits per heavy atom. The summed E-state index contributed by atoms with van der Waals surface area (Å²) in [5, 5.41) is 0.705. The third kappa shape index (κ3) is 3.72. The fourth-order valence-corrected chi connectivity index (χ4v) is 3.88. The standard InChI is InChI=1S/C22H24ClN3O2/c1-15(16-7-9-18(23)10-8-16)25(2)21(27)17-11-13-26(14-12-17)22-24-19-5-3-4-6-20(19)28-22/h3-10,15,17H,11-14H2,1-2H3/t15-/m1/s1. The number of amides is 1. The molecule has 6 heteroatoms. The molecule has 146 valence electrons. The topological polar surface area (TPSA) is 49.6 Å². The molecular weight excluding hydrogens is 374 g/mol. The van der Waals surface area contributed by atoms with E-state index in [1.54, 1.807) is 0 Å². The molecule has 0 aliphatic carbocycles. The molecule has 3 aromatic rings. The number of oxazole rings is 1. The minimum atomic E-state index is 0.0137. The van der Waals surface area contributed by atoms with Crippen molar-refractivity contribution in [2.24, 2.45) is 5.92 Å². The number of hydrogen-bond donors (Lipinski definition) is 0. The molecule has 1 aromatic heterocycles. The lowest BCUT2D eigenvalue weighted by molar-refractivity contribution is -0.136. The lowest BCUT2D eigenvalue weighted by Crippen LogP contribution is -2.42. The van der Waals surface area contributed by atoms with Gasteiger partial charge in [-0.25, -0.2) is 0 Å². The lowest BCUT2D eigenvalue weighted by Gasteiger charge is -2.34. The molecule has 0 saturated carbocycles. The summed E-state index contributed by atoms with van der Waals surface area (Å²) in [5.74, 6) is 0.222. The number of carbonyl (C=O) groups excluding carboxylic acids is 1. The van der Waals surface area contributed by atoms with Crippen LogP contribution >= 0.6 is 11.6 Å². The Bertz CT molecular complexity index is 928. The first kappa shape index (κ1) is 18.8. The summed E-state index contributed by atoms with van der Waals surface area (Å²) >= 11 is 5.97. The van der Waals surface area contributed by atoms with E-state index in [4.69, 9.17) is 16.0 Å². The average Bonchev–Trinajstić information content (AvgIpc) is 3.17. The molecule has 0 radical (unpaired) electrons. The van der Waals surface area contributed by atoms with Gasteiger partial charge < -0.3 is 14.2 Å². The predicted molar refractivity (Wildman–Crippen MR) is 112 cm³/mol. The summed E-state index contributed by atoms with van der Waals surface area (Å²) in [6.45, 7) is 3.59. The highest BCUT2D eigenvalue weighted by molar-refractivity contribution is 6.30. The number of anilines is 1. The average molecular weight is 398 g/mol. The number of rotatable bonds is 4. The van der Waals surface area contributed by atoms with Crippen molar-refractivity contribution in [2.45, 2.75) is 25.8 Å². The number of benzene rings is 2. The van der Waals surface area contributed by atoms with Crippen LogP contribution in [0.5, 0.6) is 0 Å². The van der Waals surface area contributed by atoms with Gasteiger partial charge in [0.05, 0.1) is 6.04 Å². The maximum atomic E-state index is 13.0. The van der Waals surface area contributed by atoms with E-state index in [1.807, 2.05) is 60.5 Å². The Morgan fingerprint density at radius 3 is 2.54 bits per heavy atom. The Labute approximate surface area is 169 Å². The van der Waals surface area contributed by atoms with Gasteiger partial charge in [-0.3, -0.25) is 4.79 Å². The van der Waals surface area contributed by atoms with Gasteiger partial charge in [0.2, 0.25) is 5.91 Å². The maximum absolute atomic E-state index is 13.0. The summed E-state index contributed by atoms with van der Waals surface area (Å²) in [6.07, 6.45) is 1.60. The number of hydrogen-bond acceptors (Lipinski definition) is 4. The van der Waals surface area contributed by atoms with Crippen molar-refractivity contribution in [3.63, 3.8) is 0 Å². The van der Waals surface area contributed by atoms with Gasteiger partial charge in [0, 0.05) is 31.1 Å². The van der Waals surface area contributed by atoms with E-state index in [-0.39, 0.29) is 17.9 Å². The number of para-hydroxylation sites is 2. The molecule has 1 aliphatic heterocycles. The molecule has 0 N–H and O–H groups in total. The second-order valence-electron chi connectivity index (χ2n) is 7.40. The SMILES string of the molecule is C[C@H](c1ccc(Cl)cc1)N(C)C(=O)C1CCN(c2nc3ccccc3o2)CC1. The first-order chi connectivity index (χ1) is 13.5. The van der Waals surface area contributed by atoms with Crippen LogP contribution in [0.3, 0.4) is 0 Å². The van der Waals surface area contributed by atoms with E-state index in [0.717, 1.165) is 42.6 Å². The molecule has 0 unspecified atom stereocenters. The molecule has 0 bridgehead atoms. The van der Waals surface area contributed by atoms with Crippen LogP contribution in [0.2, 0.25) is 5.02 Å². The van der Waals surface area contributed by atoms with Crippen molar-refractivity contribution >= 4 is 34.6 Å². The van der Waals surface area contributed by atoms with Crippen molar-refractivity contribution in [3.8, 4) is 0 Å². The van der Waals surface area contributed by atoms with E-state index >= 15 is 0 Å². The van der Waals surface area contributed by atoms with E-state index in [9.17, 15) is 4.79 Å². The van der Waals surface area contributed by atoms with Gasteiger partial charge in [-0.05, 0) is 49.6 Å². The summed E-state index contributed by atoms with van der Waals surface area (Å²) in [6, 6.07) is 16.1. The van der Waals surface area contributed by atoms with Crippen LogP contribution in [-0.2, 0) is 4.79 Å². The Kier molecular flexibility index (Phi) is 5.27. The van der Waals surface area contributed by atoms with Crippen molar-refractivity contribution in [2.75, 3.05) is 25.0 Å². The molecule has 1 amide bonds. The highest BCUT2D eigenvalue weighted by Gasteiger charge is 2.30. The number of aromatic nitrogens is 1. The first-order valence-electron chi connectivity index (χ1n) is 9.65. The van der Waals surface area contributed by atoms with Gasteiger partial charge in [0.15, 0.2) is 5.58 Å². The van der Waals surface area contributed by atoms with Gasteiger partial charge >= 0.3 is 0 Å². The number of nitrogens with zero attached hydrogens (tertiary/aromatic N) is 3. The summed E-state index contributed by atoms with van der Waals surface area (Å²) < 4.78 is 5.87. The van der Waals surface area contributed by atoms with E-state index in [1.165, 1.54) is 0 Å². The lowest BCUT2D eigenvalue weighted by atomic mass is 9.94. The van der Waals surface area contributed by atoms with Crippen molar-refractivity contribution < 1.29 is 9.21 Å². The summed E-state index contributed by atoms with van der Waals surface area (Å²) in [7, 11) is 1.88. The molecule has 0 spiro atoms. The highest BCUT2D eigenvalue weighted by Crippen LogP contribution is 2.29. The Balaban J connectivity index is 1.38. The second-order valence-corrected chi connectivity index (χ2v) is 7.84. The number of fused-ring (bicyclic) bond motifs is 1. The molecular formula is C22H24ClN3O2. The minimum Gasteiger partial charge on any atom is -0.423 e. The quantitative estimate of drug-likeness (QED) is 0.627. The summed E-state index contributed by atoms with van der Waals surface area (Å²) in [5.41, 5.74) is 2.75. The highest BCUT2D eigenvalue weighted by atomic mass is 35.5. The fraction of sp³-hybridized carbons (Fsp3) is 0.364. The van der Waals surface area contributed by atoms with Gasteiger partial charge in [0.1, 0.15) is 5.52 Å². The van der Waals surface area contributed by atoms with Crippen molar-refractivity contribution in [3.05, 3.63) is 59.1 Å². The minimum absolute atomic E-state index is 0.0137. The zero-order chi connectivity index (χ0) is 19.7. The third-order valence-electron chi connectivity index (χ3n) is 5.68. The molecule has 5 nitrogen and oxygen atoms in total. The number of carbonyl (C=O) groups is 1. The maximum Gasteiger partial charge on any atom is 0.298 e. The second kappa shape index (κ2) is 7.84. The van der Waals surface area contributed by atoms with Crippen LogP contribution in [0, 0.1) is 5.92 Å². The van der Waals surface area contributed by atoms with E-state index < -0.39 is 0 Å². The third-order valence-corrected chi connectivity index (χ3v) is 5.93. The first-order valence-corrected chi connectivity index (χ1v) is 10.0. The largest absolute Gasteiger partial charge is 0.423 e. The van der Waals surface area contributed by atoms with E-state index in [0.29, 0.717) is 11.0 Å². The van der Waals surface area contributed by atoms with Crippen LogP contribution in [-0.4, -0.2) is 35.9 Å². The number of halogens is 1. The monoisotopic (exact) mass is 397 g/mol. The molecule has 4 rings (SSSR count). The van der Waals surface area contributed by atoms with Crippen LogP contribution in [0.4, 0.5) is 6.01 Å². The van der Waals surface area contributed by atoms with Crippen LogP contribution in [0.25, 0.3) is 11.1 Å². The van der Waals surface area contributed by atoms with Gasteiger partial charge in [-0.1, -0.05) is 35.9 Å². The Hall–Kier alpha value is -2.53. The molecule has 1 atom stereocenters. The molecule has 1 saturated heterocycles. The van der Waals surface area contributed by atoms with Crippen LogP contribution < -0.4 is 4.90 Å². The van der Waals surface area contributed by atoms with E-state index in [2.05, 4.69) is 16.8 Å². The smallest absolute Gasteiger partial charge is 0.298 e. The van der Waals surface area contributed by atoms with Crippen LogP contribution in [0.15, 0.2) is 52.9 Å². The summed E-state index contributed by atoms with van der Waals surface area (Å²) in [4.78, 5) is 21.6. The van der Waals surface area contributed by atoms with Crippen LogP contribution in [0.1, 0.15) is 31.4 Å². The molecule has 2 heterocycles.